The Morgan fingerprint density at radius 2 is 1.65 bits per heavy atom. The Labute approximate surface area is 191 Å². The zero-order chi connectivity index (χ0) is 22.3. The maximum Gasteiger partial charge on any atom is 0.282 e. The van der Waals surface area contributed by atoms with E-state index in [1.807, 2.05) is 60.8 Å². The lowest BCUT2D eigenvalue weighted by molar-refractivity contribution is -0.120. The summed E-state index contributed by atoms with van der Waals surface area (Å²) in [5.41, 5.74) is 3.82. The molecule has 4 rings (SSSR count). The molecular formula is C25H23ClN2O2S. The number of rotatable bonds is 4. The first-order valence-electron chi connectivity index (χ1n) is 9.98. The van der Waals surface area contributed by atoms with Gasteiger partial charge in [0, 0.05) is 15.6 Å². The molecule has 2 aromatic carbocycles. The standard InChI is InChI=1S/C25H23ClN2O2S/c1-15-18(26)7-5-8-19(15)27-22-21(20-9-6-14-31-20)23(29)28(24(22)30)17-12-10-16(11-13-17)25(2,3)4/h5-14,27H,1-4H3. The molecule has 1 N–H and O–H groups in total. The van der Waals surface area contributed by atoms with E-state index in [9.17, 15) is 9.59 Å². The van der Waals surface area contributed by atoms with E-state index >= 15 is 0 Å². The number of hydrogen-bond donors (Lipinski definition) is 1. The van der Waals surface area contributed by atoms with Crippen LogP contribution in [-0.4, -0.2) is 11.8 Å². The van der Waals surface area contributed by atoms with Crippen LogP contribution >= 0.6 is 22.9 Å². The maximum atomic E-state index is 13.5. The third-order valence-corrected chi connectivity index (χ3v) is 6.67. The third kappa shape index (κ3) is 3.91. The summed E-state index contributed by atoms with van der Waals surface area (Å²) in [5, 5.41) is 5.68. The molecular weight excluding hydrogens is 428 g/mol. The first kappa shape index (κ1) is 21.3. The Bertz CT molecular complexity index is 1190. The summed E-state index contributed by atoms with van der Waals surface area (Å²) in [4.78, 5) is 28.9. The van der Waals surface area contributed by atoms with Crippen LogP contribution in [0, 0.1) is 6.92 Å². The van der Waals surface area contributed by atoms with Gasteiger partial charge in [0.2, 0.25) is 0 Å². The van der Waals surface area contributed by atoms with Gasteiger partial charge in [0.25, 0.3) is 11.8 Å². The minimum Gasteiger partial charge on any atom is -0.350 e. The van der Waals surface area contributed by atoms with Crippen molar-refractivity contribution < 1.29 is 9.59 Å². The minimum absolute atomic E-state index is 0.0191. The number of amides is 2. The molecule has 0 spiro atoms. The second kappa shape index (κ2) is 7.98. The predicted molar refractivity (Wildman–Crippen MR) is 129 cm³/mol. The highest BCUT2D eigenvalue weighted by Crippen LogP contribution is 2.37. The number of carbonyl (C=O) groups is 2. The molecule has 6 heteroatoms. The van der Waals surface area contributed by atoms with Crippen LogP contribution < -0.4 is 10.2 Å². The number of nitrogens with one attached hydrogen (secondary N) is 1. The first-order chi connectivity index (χ1) is 14.7. The topological polar surface area (TPSA) is 49.4 Å². The van der Waals surface area contributed by atoms with Crippen LogP contribution in [0.5, 0.6) is 0 Å². The Morgan fingerprint density at radius 3 is 2.26 bits per heavy atom. The summed E-state index contributed by atoms with van der Waals surface area (Å²) in [5.74, 6) is -0.713. The number of nitrogens with zero attached hydrogens (tertiary/aromatic N) is 1. The van der Waals surface area contributed by atoms with Gasteiger partial charge in [-0.1, -0.05) is 56.6 Å². The minimum atomic E-state index is -0.378. The Kier molecular flexibility index (Phi) is 5.50. The van der Waals surface area contributed by atoms with Crippen molar-refractivity contribution in [2.45, 2.75) is 33.1 Å². The summed E-state index contributed by atoms with van der Waals surface area (Å²) in [6.07, 6.45) is 0. The third-order valence-electron chi connectivity index (χ3n) is 5.37. The molecule has 0 saturated carbocycles. The van der Waals surface area contributed by atoms with E-state index < -0.39 is 0 Å². The van der Waals surface area contributed by atoms with Crippen LogP contribution in [0.2, 0.25) is 5.02 Å². The van der Waals surface area contributed by atoms with Gasteiger partial charge in [-0.05, 0) is 59.2 Å². The molecule has 0 unspecified atom stereocenters. The molecule has 2 heterocycles. The van der Waals surface area contributed by atoms with Crippen molar-refractivity contribution >= 4 is 51.7 Å². The highest BCUT2D eigenvalue weighted by atomic mass is 35.5. The largest absolute Gasteiger partial charge is 0.350 e. The van der Waals surface area contributed by atoms with Gasteiger partial charge in [-0.15, -0.1) is 11.3 Å². The van der Waals surface area contributed by atoms with Gasteiger partial charge in [-0.3, -0.25) is 9.59 Å². The molecule has 0 radical (unpaired) electrons. The number of imide groups is 1. The van der Waals surface area contributed by atoms with Crippen molar-refractivity contribution in [2.24, 2.45) is 0 Å². The number of halogens is 1. The average molecular weight is 451 g/mol. The van der Waals surface area contributed by atoms with Crippen LogP contribution in [0.3, 0.4) is 0 Å². The van der Waals surface area contributed by atoms with Crippen molar-refractivity contribution in [3.05, 3.63) is 86.7 Å². The fourth-order valence-corrected chi connectivity index (χ4v) is 4.46. The number of thiophene rings is 1. The van der Waals surface area contributed by atoms with E-state index in [1.165, 1.54) is 16.2 Å². The van der Waals surface area contributed by atoms with E-state index in [-0.39, 0.29) is 22.9 Å². The second-order valence-corrected chi connectivity index (χ2v) is 9.86. The van der Waals surface area contributed by atoms with Gasteiger partial charge >= 0.3 is 0 Å². The fourth-order valence-electron chi connectivity index (χ4n) is 3.52. The van der Waals surface area contributed by atoms with Crippen LogP contribution in [0.25, 0.3) is 5.57 Å². The zero-order valence-electron chi connectivity index (χ0n) is 17.8. The summed E-state index contributed by atoms with van der Waals surface area (Å²) in [7, 11) is 0. The van der Waals surface area contributed by atoms with Crippen molar-refractivity contribution in [2.75, 3.05) is 10.2 Å². The smallest absolute Gasteiger partial charge is 0.282 e. The van der Waals surface area contributed by atoms with E-state index in [1.54, 1.807) is 6.07 Å². The fraction of sp³-hybridized carbons (Fsp3) is 0.200. The molecule has 0 atom stereocenters. The maximum absolute atomic E-state index is 13.5. The zero-order valence-corrected chi connectivity index (χ0v) is 19.4. The first-order valence-corrected chi connectivity index (χ1v) is 11.2. The predicted octanol–water partition coefficient (Wildman–Crippen LogP) is 6.40. The summed E-state index contributed by atoms with van der Waals surface area (Å²) in [6.45, 7) is 8.25. The lowest BCUT2D eigenvalue weighted by Gasteiger charge is -2.21. The van der Waals surface area contributed by atoms with Gasteiger partial charge in [-0.2, -0.15) is 0 Å². The van der Waals surface area contributed by atoms with E-state index in [0.29, 0.717) is 22.0 Å². The summed E-state index contributed by atoms with van der Waals surface area (Å²) < 4.78 is 0. The lowest BCUT2D eigenvalue weighted by Crippen LogP contribution is -2.32. The molecule has 1 aliphatic rings. The SMILES string of the molecule is Cc1c(Cl)cccc1NC1=C(c2cccs2)C(=O)N(c2ccc(C(C)(C)C)cc2)C1=O. The normalized spacial score (nSPS) is 14.5. The van der Waals surface area contributed by atoms with E-state index in [2.05, 4.69) is 26.1 Å². The van der Waals surface area contributed by atoms with Crippen LogP contribution in [0.15, 0.2) is 65.7 Å². The molecule has 1 aliphatic heterocycles. The van der Waals surface area contributed by atoms with Gasteiger partial charge in [0.1, 0.15) is 5.70 Å². The molecule has 1 aromatic heterocycles. The van der Waals surface area contributed by atoms with Gasteiger partial charge in [-0.25, -0.2) is 4.90 Å². The van der Waals surface area contributed by atoms with Crippen molar-refractivity contribution in [3.8, 4) is 0 Å². The van der Waals surface area contributed by atoms with Gasteiger partial charge < -0.3 is 5.32 Å². The van der Waals surface area contributed by atoms with Crippen LogP contribution in [-0.2, 0) is 15.0 Å². The highest BCUT2D eigenvalue weighted by Gasteiger charge is 2.41. The number of carbonyl (C=O) groups excluding carboxylic acids is 2. The second-order valence-electron chi connectivity index (χ2n) is 8.51. The van der Waals surface area contributed by atoms with Gasteiger partial charge in [0.15, 0.2) is 0 Å². The summed E-state index contributed by atoms with van der Waals surface area (Å²) >= 11 is 7.69. The van der Waals surface area contributed by atoms with Crippen molar-refractivity contribution in [1.82, 2.24) is 0 Å². The molecule has 158 valence electrons. The lowest BCUT2D eigenvalue weighted by atomic mass is 9.87. The number of hydrogen-bond acceptors (Lipinski definition) is 4. The Hall–Kier alpha value is -2.89. The molecule has 31 heavy (non-hydrogen) atoms. The molecule has 0 bridgehead atoms. The Morgan fingerprint density at radius 1 is 0.935 bits per heavy atom. The molecule has 0 saturated heterocycles. The monoisotopic (exact) mass is 450 g/mol. The number of benzene rings is 2. The van der Waals surface area contributed by atoms with E-state index in [4.69, 9.17) is 11.6 Å². The van der Waals surface area contributed by atoms with Crippen LogP contribution in [0.4, 0.5) is 11.4 Å². The molecule has 2 amide bonds. The van der Waals surface area contributed by atoms with Gasteiger partial charge in [0.05, 0.1) is 11.3 Å². The Balaban J connectivity index is 1.77. The van der Waals surface area contributed by atoms with Crippen LogP contribution in [0.1, 0.15) is 36.8 Å². The molecule has 0 fully saturated rings. The summed E-state index contributed by atoms with van der Waals surface area (Å²) in [6, 6.07) is 16.8. The number of anilines is 2. The van der Waals surface area contributed by atoms with E-state index in [0.717, 1.165) is 16.0 Å². The average Bonchev–Trinajstić information content (AvgIpc) is 3.32. The highest BCUT2D eigenvalue weighted by molar-refractivity contribution is 7.11. The molecule has 3 aromatic rings. The van der Waals surface area contributed by atoms with Crippen molar-refractivity contribution in [1.29, 1.82) is 0 Å². The molecule has 0 aliphatic carbocycles. The quantitative estimate of drug-likeness (QED) is 0.467. The molecule has 4 nitrogen and oxygen atoms in total. The van der Waals surface area contributed by atoms with Crippen molar-refractivity contribution in [3.63, 3.8) is 0 Å².